The third kappa shape index (κ3) is 3.53. The highest BCUT2D eigenvalue weighted by Crippen LogP contribution is 2.34. The maximum atomic E-state index is 12.8. The smallest absolute Gasteiger partial charge is 0.314 e. The molecule has 1 N–H and O–H groups in total. The first kappa shape index (κ1) is 15.4. The quantitative estimate of drug-likeness (QED) is 0.860. The van der Waals surface area contributed by atoms with E-state index in [4.69, 9.17) is 11.6 Å². The number of benzene rings is 1. The number of nitrogens with one attached hydrogen (secondary N) is 1. The Morgan fingerprint density at radius 2 is 1.90 bits per heavy atom. The summed E-state index contributed by atoms with van der Waals surface area (Å²) < 4.78 is 38.5. The third-order valence-corrected chi connectivity index (χ3v) is 3.58. The van der Waals surface area contributed by atoms with E-state index in [-0.39, 0.29) is 11.1 Å². The predicted octanol–water partition coefficient (Wildman–Crippen LogP) is 3.49. The van der Waals surface area contributed by atoms with Crippen LogP contribution in [-0.2, 0) is 6.18 Å². The molecule has 0 amide bonds. The van der Waals surface area contributed by atoms with Crippen LogP contribution in [-0.4, -0.2) is 31.1 Å². The number of hydrogen-bond acceptors (Lipinski definition) is 2. The van der Waals surface area contributed by atoms with Crippen LogP contribution in [0.3, 0.4) is 0 Å². The summed E-state index contributed by atoms with van der Waals surface area (Å²) in [5, 5.41) is 3.30. The molecule has 1 saturated heterocycles. The van der Waals surface area contributed by atoms with Crippen LogP contribution in [0, 0.1) is 0 Å². The molecule has 0 radical (unpaired) electrons. The average Bonchev–Trinajstić information content (AvgIpc) is 2.39. The first-order valence-electron chi connectivity index (χ1n) is 6.37. The van der Waals surface area contributed by atoms with Gasteiger partial charge in [-0.15, -0.1) is 6.58 Å². The van der Waals surface area contributed by atoms with E-state index in [1.807, 2.05) is 0 Å². The summed E-state index contributed by atoms with van der Waals surface area (Å²) >= 11 is 5.83. The molecule has 1 heterocycles. The van der Waals surface area contributed by atoms with Gasteiger partial charge >= 0.3 is 6.18 Å². The highest BCUT2D eigenvalue weighted by Gasteiger charge is 2.32. The number of halogens is 4. The number of piperazine rings is 1. The lowest BCUT2D eigenvalue weighted by atomic mass is 10.0. The standard InChI is InChI=1S/C14H16ClF3N2/c1-2-13(20-5-3-19-4-6-20)10-7-11(14(16,17)18)9-12(15)8-10/h2,7-9,13,19H,1,3-6H2/t13-/m0/s1. The molecule has 1 aliphatic rings. The van der Waals surface area contributed by atoms with Gasteiger partial charge in [-0.25, -0.2) is 0 Å². The maximum Gasteiger partial charge on any atom is 0.416 e. The first-order valence-corrected chi connectivity index (χ1v) is 6.74. The highest BCUT2D eigenvalue weighted by atomic mass is 35.5. The van der Waals surface area contributed by atoms with Crippen LogP contribution in [0.15, 0.2) is 30.9 Å². The van der Waals surface area contributed by atoms with E-state index in [1.54, 1.807) is 12.1 Å². The fourth-order valence-electron chi connectivity index (χ4n) is 2.40. The molecule has 2 rings (SSSR count). The lowest BCUT2D eigenvalue weighted by Gasteiger charge is -2.33. The molecule has 0 unspecified atom stereocenters. The van der Waals surface area contributed by atoms with Crippen molar-refractivity contribution in [2.75, 3.05) is 26.2 Å². The lowest BCUT2D eigenvalue weighted by molar-refractivity contribution is -0.137. The van der Waals surface area contributed by atoms with E-state index < -0.39 is 11.7 Å². The molecule has 0 aliphatic carbocycles. The summed E-state index contributed by atoms with van der Waals surface area (Å²) in [6.07, 6.45) is -2.73. The Balaban J connectivity index is 2.33. The van der Waals surface area contributed by atoms with Crippen molar-refractivity contribution in [2.24, 2.45) is 0 Å². The molecular weight excluding hydrogens is 289 g/mol. The monoisotopic (exact) mass is 304 g/mol. The van der Waals surface area contributed by atoms with E-state index in [0.717, 1.165) is 38.3 Å². The normalized spacial score (nSPS) is 18.8. The minimum absolute atomic E-state index is 0.0943. The Labute approximate surface area is 121 Å². The molecule has 1 aromatic rings. The molecule has 1 aromatic carbocycles. The summed E-state index contributed by atoms with van der Waals surface area (Å²) in [5.74, 6) is 0. The molecule has 1 atom stereocenters. The van der Waals surface area contributed by atoms with Gasteiger partial charge in [0.05, 0.1) is 11.6 Å². The molecule has 20 heavy (non-hydrogen) atoms. The van der Waals surface area contributed by atoms with Gasteiger partial charge in [-0.05, 0) is 23.8 Å². The molecule has 0 bridgehead atoms. The molecule has 110 valence electrons. The lowest BCUT2D eigenvalue weighted by Crippen LogP contribution is -2.44. The maximum absolute atomic E-state index is 12.8. The Kier molecular flexibility index (Phi) is 4.73. The SMILES string of the molecule is C=C[C@@H](c1cc(Cl)cc(C(F)(F)F)c1)N1CCNCC1. The van der Waals surface area contributed by atoms with E-state index >= 15 is 0 Å². The molecule has 6 heteroatoms. The molecule has 0 saturated carbocycles. The van der Waals surface area contributed by atoms with E-state index in [2.05, 4.69) is 16.8 Å². The van der Waals surface area contributed by atoms with Crippen LogP contribution in [0.5, 0.6) is 0 Å². The van der Waals surface area contributed by atoms with Gasteiger partial charge in [-0.2, -0.15) is 13.2 Å². The minimum atomic E-state index is -4.39. The summed E-state index contributed by atoms with van der Waals surface area (Å²) in [6.45, 7) is 6.92. The van der Waals surface area contributed by atoms with E-state index in [9.17, 15) is 13.2 Å². The highest BCUT2D eigenvalue weighted by molar-refractivity contribution is 6.30. The number of alkyl halides is 3. The van der Waals surface area contributed by atoms with Gasteiger partial charge < -0.3 is 5.32 Å². The van der Waals surface area contributed by atoms with Crippen LogP contribution in [0.25, 0.3) is 0 Å². The van der Waals surface area contributed by atoms with Crippen molar-refractivity contribution < 1.29 is 13.2 Å². The number of rotatable bonds is 3. The van der Waals surface area contributed by atoms with Crippen LogP contribution in [0.1, 0.15) is 17.2 Å². The Morgan fingerprint density at radius 1 is 1.25 bits per heavy atom. The molecule has 1 aliphatic heterocycles. The van der Waals surface area contributed by atoms with Crippen molar-refractivity contribution in [1.82, 2.24) is 10.2 Å². The predicted molar refractivity (Wildman–Crippen MR) is 73.8 cm³/mol. The van der Waals surface area contributed by atoms with Crippen molar-refractivity contribution in [1.29, 1.82) is 0 Å². The second-order valence-electron chi connectivity index (χ2n) is 4.74. The summed E-state index contributed by atoms with van der Waals surface area (Å²) in [6, 6.07) is 3.42. The van der Waals surface area contributed by atoms with Crippen molar-refractivity contribution >= 4 is 11.6 Å². The zero-order valence-corrected chi connectivity index (χ0v) is 11.6. The summed E-state index contributed by atoms with van der Waals surface area (Å²) in [4.78, 5) is 2.09. The zero-order valence-electron chi connectivity index (χ0n) is 10.9. The molecule has 0 aromatic heterocycles. The first-order chi connectivity index (χ1) is 9.41. The van der Waals surface area contributed by atoms with Crippen LogP contribution >= 0.6 is 11.6 Å². The van der Waals surface area contributed by atoms with Crippen LogP contribution in [0.2, 0.25) is 5.02 Å². The molecule has 0 spiro atoms. The summed E-state index contributed by atoms with van der Waals surface area (Å²) in [7, 11) is 0. The topological polar surface area (TPSA) is 15.3 Å². The van der Waals surface area contributed by atoms with Gasteiger partial charge in [0.25, 0.3) is 0 Å². The Hall–Kier alpha value is -1.04. The van der Waals surface area contributed by atoms with Gasteiger partial charge in [0.15, 0.2) is 0 Å². The van der Waals surface area contributed by atoms with Gasteiger partial charge in [-0.1, -0.05) is 17.7 Å². The van der Waals surface area contributed by atoms with Crippen molar-refractivity contribution in [3.8, 4) is 0 Å². The summed E-state index contributed by atoms with van der Waals surface area (Å²) in [5.41, 5.74) is -0.191. The van der Waals surface area contributed by atoms with Crippen molar-refractivity contribution in [3.63, 3.8) is 0 Å². The third-order valence-electron chi connectivity index (χ3n) is 3.36. The van der Waals surface area contributed by atoms with E-state index in [0.29, 0.717) is 5.56 Å². The molecule has 2 nitrogen and oxygen atoms in total. The van der Waals surface area contributed by atoms with Crippen LogP contribution in [0.4, 0.5) is 13.2 Å². The zero-order chi connectivity index (χ0) is 14.8. The minimum Gasteiger partial charge on any atom is -0.314 e. The fraction of sp³-hybridized carbons (Fsp3) is 0.429. The molecule has 1 fully saturated rings. The number of nitrogens with zero attached hydrogens (tertiary/aromatic N) is 1. The van der Waals surface area contributed by atoms with Crippen molar-refractivity contribution in [2.45, 2.75) is 12.2 Å². The van der Waals surface area contributed by atoms with Gasteiger partial charge in [0.2, 0.25) is 0 Å². The Morgan fingerprint density at radius 3 is 2.45 bits per heavy atom. The Bertz CT molecular complexity index is 482. The average molecular weight is 305 g/mol. The van der Waals surface area contributed by atoms with Gasteiger partial charge in [0.1, 0.15) is 0 Å². The molecular formula is C14H16ClF3N2. The fourth-order valence-corrected chi connectivity index (χ4v) is 2.65. The number of hydrogen-bond donors (Lipinski definition) is 1. The van der Waals surface area contributed by atoms with Crippen molar-refractivity contribution in [3.05, 3.63) is 47.0 Å². The second kappa shape index (κ2) is 6.16. The van der Waals surface area contributed by atoms with Gasteiger partial charge in [0, 0.05) is 31.2 Å². The van der Waals surface area contributed by atoms with Crippen LogP contribution < -0.4 is 5.32 Å². The van der Waals surface area contributed by atoms with Gasteiger partial charge in [-0.3, -0.25) is 4.90 Å². The van der Waals surface area contributed by atoms with E-state index in [1.165, 1.54) is 0 Å². The largest absolute Gasteiger partial charge is 0.416 e. The second-order valence-corrected chi connectivity index (χ2v) is 5.17.